The lowest BCUT2D eigenvalue weighted by Gasteiger charge is -2.03. The van der Waals surface area contributed by atoms with Gasteiger partial charge in [0.05, 0.1) is 11.1 Å². The number of pyridine rings is 1. The lowest BCUT2D eigenvalue weighted by molar-refractivity contribution is 0.0696. The molecule has 2 aromatic heterocycles. The number of carbonyl (C=O) groups is 1. The number of aromatic carboxylic acids is 1. The SMILES string of the molecule is O=C(O)c1ccc2c(Cl)nc(Cc3ccccc3)n2c1. The first-order chi connectivity index (χ1) is 9.65. The van der Waals surface area contributed by atoms with Gasteiger partial charge in [-0.3, -0.25) is 0 Å². The molecule has 4 nitrogen and oxygen atoms in total. The van der Waals surface area contributed by atoms with Gasteiger partial charge in [-0.25, -0.2) is 9.78 Å². The Morgan fingerprint density at radius 1 is 1.20 bits per heavy atom. The molecule has 0 saturated carbocycles. The van der Waals surface area contributed by atoms with Crippen LogP contribution in [-0.4, -0.2) is 20.5 Å². The molecule has 0 spiro atoms. The maximum Gasteiger partial charge on any atom is 0.337 e. The van der Waals surface area contributed by atoms with E-state index in [9.17, 15) is 4.79 Å². The zero-order valence-electron chi connectivity index (χ0n) is 10.5. The normalized spacial score (nSPS) is 10.8. The van der Waals surface area contributed by atoms with Crippen molar-refractivity contribution in [2.45, 2.75) is 6.42 Å². The Bertz CT molecular complexity index is 781. The van der Waals surface area contributed by atoms with Crippen molar-refractivity contribution in [3.05, 3.63) is 70.8 Å². The molecule has 0 atom stereocenters. The van der Waals surface area contributed by atoms with Crippen molar-refractivity contribution < 1.29 is 9.90 Å². The maximum atomic E-state index is 11.1. The topological polar surface area (TPSA) is 54.6 Å². The van der Waals surface area contributed by atoms with Crippen molar-refractivity contribution in [3.8, 4) is 0 Å². The second-order valence-corrected chi connectivity index (χ2v) is 4.82. The van der Waals surface area contributed by atoms with Crippen LogP contribution in [0.5, 0.6) is 0 Å². The quantitative estimate of drug-likeness (QED) is 0.804. The number of halogens is 1. The average molecular weight is 287 g/mol. The van der Waals surface area contributed by atoms with E-state index in [4.69, 9.17) is 16.7 Å². The Labute approximate surface area is 120 Å². The highest BCUT2D eigenvalue weighted by molar-refractivity contribution is 6.32. The molecule has 20 heavy (non-hydrogen) atoms. The molecule has 0 fully saturated rings. The van der Waals surface area contributed by atoms with Crippen molar-refractivity contribution in [1.29, 1.82) is 0 Å². The summed E-state index contributed by atoms with van der Waals surface area (Å²) in [5.74, 6) is -0.248. The number of benzene rings is 1. The second-order valence-electron chi connectivity index (χ2n) is 4.46. The zero-order chi connectivity index (χ0) is 14.1. The van der Waals surface area contributed by atoms with E-state index in [1.807, 2.05) is 30.3 Å². The second kappa shape index (κ2) is 4.98. The van der Waals surface area contributed by atoms with Crippen LogP contribution >= 0.6 is 11.6 Å². The number of aromatic nitrogens is 2. The van der Waals surface area contributed by atoms with Gasteiger partial charge < -0.3 is 9.51 Å². The standard InChI is InChI=1S/C15H11ClN2O2/c16-14-12-7-6-11(15(19)20)9-18(12)13(17-14)8-10-4-2-1-3-5-10/h1-7,9H,8H2,(H,19,20). The fourth-order valence-corrected chi connectivity index (χ4v) is 2.39. The Balaban J connectivity index is 2.10. The Kier molecular flexibility index (Phi) is 3.16. The van der Waals surface area contributed by atoms with E-state index in [-0.39, 0.29) is 5.56 Å². The average Bonchev–Trinajstić information content (AvgIpc) is 2.76. The molecule has 1 N–H and O–H groups in total. The van der Waals surface area contributed by atoms with Gasteiger partial charge in [-0.1, -0.05) is 41.9 Å². The maximum absolute atomic E-state index is 11.1. The largest absolute Gasteiger partial charge is 0.478 e. The number of fused-ring (bicyclic) bond motifs is 1. The minimum absolute atomic E-state index is 0.209. The van der Waals surface area contributed by atoms with Crippen molar-refractivity contribution in [1.82, 2.24) is 9.38 Å². The summed E-state index contributed by atoms with van der Waals surface area (Å²) in [5.41, 5.74) is 2.01. The number of carboxylic acids is 1. The van der Waals surface area contributed by atoms with Crippen LogP contribution in [-0.2, 0) is 6.42 Å². The molecular formula is C15H11ClN2O2. The first-order valence-electron chi connectivity index (χ1n) is 6.09. The third kappa shape index (κ3) is 2.26. The smallest absolute Gasteiger partial charge is 0.337 e. The number of imidazole rings is 1. The fraction of sp³-hybridized carbons (Fsp3) is 0.0667. The monoisotopic (exact) mass is 286 g/mol. The van der Waals surface area contributed by atoms with Gasteiger partial charge in [0.25, 0.3) is 0 Å². The molecule has 0 amide bonds. The van der Waals surface area contributed by atoms with E-state index in [2.05, 4.69) is 4.98 Å². The van der Waals surface area contributed by atoms with Crippen molar-refractivity contribution >= 4 is 23.1 Å². The molecular weight excluding hydrogens is 276 g/mol. The fourth-order valence-electron chi connectivity index (χ4n) is 2.14. The summed E-state index contributed by atoms with van der Waals surface area (Å²) in [7, 11) is 0. The molecule has 5 heteroatoms. The van der Waals surface area contributed by atoms with Crippen LogP contribution in [0, 0.1) is 0 Å². The first kappa shape index (κ1) is 12.7. The third-order valence-corrected chi connectivity index (χ3v) is 3.40. The molecule has 0 radical (unpaired) electrons. The third-order valence-electron chi connectivity index (χ3n) is 3.12. The highest BCUT2D eigenvalue weighted by atomic mass is 35.5. The summed E-state index contributed by atoms with van der Waals surface area (Å²) < 4.78 is 1.73. The molecule has 3 rings (SSSR count). The van der Waals surface area contributed by atoms with Gasteiger partial charge in [0.1, 0.15) is 5.82 Å². The van der Waals surface area contributed by atoms with Gasteiger partial charge in [-0.2, -0.15) is 0 Å². The summed E-state index contributed by atoms with van der Waals surface area (Å²) in [6.07, 6.45) is 2.15. The van der Waals surface area contributed by atoms with Crippen molar-refractivity contribution in [2.24, 2.45) is 0 Å². The number of carboxylic acid groups (broad SMARTS) is 1. The van der Waals surface area contributed by atoms with Crippen LogP contribution in [0.25, 0.3) is 5.52 Å². The molecule has 0 saturated heterocycles. The minimum Gasteiger partial charge on any atom is -0.478 e. The first-order valence-corrected chi connectivity index (χ1v) is 6.46. The van der Waals surface area contributed by atoms with Crippen LogP contribution in [0.3, 0.4) is 0 Å². The highest BCUT2D eigenvalue weighted by Gasteiger charge is 2.12. The summed E-state index contributed by atoms with van der Waals surface area (Å²) in [6, 6.07) is 13.0. The number of hydrogen-bond donors (Lipinski definition) is 1. The van der Waals surface area contributed by atoms with Gasteiger partial charge in [-0.15, -0.1) is 0 Å². The summed E-state index contributed by atoms with van der Waals surface area (Å²) in [5, 5.41) is 9.45. The summed E-state index contributed by atoms with van der Waals surface area (Å²) in [6.45, 7) is 0. The predicted octanol–water partition coefficient (Wildman–Crippen LogP) is 3.28. The Morgan fingerprint density at radius 3 is 2.65 bits per heavy atom. The van der Waals surface area contributed by atoms with Crippen LogP contribution in [0.2, 0.25) is 5.15 Å². The molecule has 0 aliphatic heterocycles. The van der Waals surface area contributed by atoms with Crippen LogP contribution in [0.15, 0.2) is 48.7 Å². The van der Waals surface area contributed by atoms with Crippen molar-refractivity contribution in [3.63, 3.8) is 0 Å². The van der Waals surface area contributed by atoms with E-state index < -0.39 is 5.97 Å². The molecule has 0 unspecified atom stereocenters. The molecule has 100 valence electrons. The van der Waals surface area contributed by atoms with Gasteiger partial charge in [0.15, 0.2) is 5.15 Å². The molecule has 0 bridgehead atoms. The lowest BCUT2D eigenvalue weighted by Crippen LogP contribution is -2.01. The summed E-state index contributed by atoms with van der Waals surface area (Å²) in [4.78, 5) is 15.4. The van der Waals surface area contributed by atoms with Gasteiger partial charge in [0, 0.05) is 12.6 Å². The minimum atomic E-state index is -0.970. The van der Waals surface area contributed by atoms with E-state index in [1.54, 1.807) is 16.7 Å². The molecule has 0 aliphatic rings. The van der Waals surface area contributed by atoms with Gasteiger partial charge in [0.2, 0.25) is 0 Å². The molecule has 0 aliphatic carbocycles. The van der Waals surface area contributed by atoms with E-state index in [1.165, 1.54) is 6.07 Å². The highest BCUT2D eigenvalue weighted by Crippen LogP contribution is 2.21. The van der Waals surface area contributed by atoms with Gasteiger partial charge in [-0.05, 0) is 17.7 Å². The zero-order valence-corrected chi connectivity index (χ0v) is 11.2. The number of rotatable bonds is 3. The lowest BCUT2D eigenvalue weighted by atomic mass is 10.1. The van der Waals surface area contributed by atoms with Crippen LogP contribution in [0.4, 0.5) is 0 Å². The van der Waals surface area contributed by atoms with E-state index in [0.29, 0.717) is 17.1 Å². The molecule has 1 aromatic carbocycles. The van der Waals surface area contributed by atoms with Crippen molar-refractivity contribution in [2.75, 3.05) is 0 Å². The molecule has 2 heterocycles. The Morgan fingerprint density at radius 2 is 1.95 bits per heavy atom. The number of hydrogen-bond acceptors (Lipinski definition) is 2. The Hall–Kier alpha value is -2.33. The summed E-state index contributed by atoms with van der Waals surface area (Å²) >= 11 is 6.10. The van der Waals surface area contributed by atoms with E-state index in [0.717, 1.165) is 11.4 Å². The molecule has 3 aromatic rings. The predicted molar refractivity (Wildman–Crippen MR) is 76.4 cm³/mol. The van der Waals surface area contributed by atoms with E-state index >= 15 is 0 Å². The van der Waals surface area contributed by atoms with Crippen LogP contribution < -0.4 is 0 Å². The van der Waals surface area contributed by atoms with Gasteiger partial charge >= 0.3 is 5.97 Å². The number of nitrogens with zero attached hydrogens (tertiary/aromatic N) is 2. The van der Waals surface area contributed by atoms with Crippen LogP contribution in [0.1, 0.15) is 21.7 Å².